The summed E-state index contributed by atoms with van der Waals surface area (Å²) in [5, 5.41) is 2.18. The van der Waals surface area contributed by atoms with Crippen molar-refractivity contribution >= 4 is 22.9 Å². The first-order valence-corrected chi connectivity index (χ1v) is 9.74. The molecule has 0 aliphatic carbocycles. The summed E-state index contributed by atoms with van der Waals surface area (Å²) < 4.78 is 0. The van der Waals surface area contributed by atoms with Crippen molar-refractivity contribution in [1.29, 1.82) is 0 Å². The first kappa shape index (κ1) is 18.0. The first-order chi connectivity index (χ1) is 12.0. The number of hydrogen-bond acceptors (Lipinski definition) is 3. The van der Waals surface area contributed by atoms with E-state index >= 15 is 0 Å². The van der Waals surface area contributed by atoms with Gasteiger partial charge in [0.15, 0.2) is 6.54 Å². The third-order valence-electron chi connectivity index (χ3n) is 5.21. The predicted molar refractivity (Wildman–Crippen MR) is 104 cm³/mol. The second-order valence-corrected chi connectivity index (χ2v) is 8.17. The Hall–Kier alpha value is -1.85. The van der Waals surface area contributed by atoms with Crippen LogP contribution in [0.5, 0.6) is 0 Å². The maximum atomic E-state index is 12.7. The van der Waals surface area contributed by atoms with Crippen LogP contribution >= 0.6 is 11.3 Å². The minimum Gasteiger partial charge on any atom is -0.378 e. The predicted octanol–water partition coefficient (Wildman–Crippen LogP) is 1.97. The van der Waals surface area contributed by atoms with Crippen LogP contribution in [0.3, 0.4) is 0 Å². The molecule has 4 nitrogen and oxygen atoms in total. The van der Waals surface area contributed by atoms with Crippen molar-refractivity contribution in [3.63, 3.8) is 0 Å². The van der Waals surface area contributed by atoms with Gasteiger partial charge in [0.1, 0.15) is 6.04 Å². The number of quaternary nitrogens is 1. The van der Waals surface area contributed by atoms with Gasteiger partial charge in [-0.1, -0.05) is 12.1 Å². The third-order valence-corrected chi connectivity index (χ3v) is 6.20. The molecule has 1 N–H and O–H groups in total. The fourth-order valence-corrected chi connectivity index (χ4v) is 4.46. The summed E-state index contributed by atoms with van der Waals surface area (Å²) >= 11 is 1.85. The number of nitrogens with one attached hydrogen (secondary N) is 1. The molecule has 1 aliphatic heterocycles. The van der Waals surface area contributed by atoms with Gasteiger partial charge in [0.2, 0.25) is 0 Å². The molecule has 1 amide bonds. The smallest absolute Gasteiger partial charge is 0.277 e. The Balaban J connectivity index is 1.58. The van der Waals surface area contributed by atoms with Crippen LogP contribution in [0.1, 0.15) is 29.0 Å². The normalized spacial score (nSPS) is 19.4. The molecule has 2 aromatic rings. The van der Waals surface area contributed by atoms with Gasteiger partial charge in [-0.15, -0.1) is 11.3 Å². The SMILES string of the molecule is C[C@@H]1c2ccsc2CC[NH+]1CC(=O)N(C)Cc1ccc(N(C)C)cc1. The summed E-state index contributed by atoms with van der Waals surface area (Å²) in [6.07, 6.45) is 1.09. The maximum absolute atomic E-state index is 12.7. The Kier molecular flexibility index (Phi) is 5.45. The summed E-state index contributed by atoms with van der Waals surface area (Å²) in [5.41, 5.74) is 3.78. The number of benzene rings is 1. The van der Waals surface area contributed by atoms with Crippen LogP contribution in [0, 0.1) is 0 Å². The van der Waals surface area contributed by atoms with Gasteiger partial charge >= 0.3 is 0 Å². The summed E-state index contributed by atoms with van der Waals surface area (Å²) in [6, 6.07) is 11.0. The lowest BCUT2D eigenvalue weighted by atomic mass is 10.0. The zero-order valence-corrected chi connectivity index (χ0v) is 16.4. The van der Waals surface area contributed by atoms with E-state index in [0.717, 1.165) is 13.0 Å². The molecule has 0 saturated carbocycles. The molecule has 1 aromatic carbocycles. The Morgan fingerprint density at radius 2 is 1.92 bits per heavy atom. The van der Waals surface area contributed by atoms with Crippen molar-refractivity contribution < 1.29 is 9.69 Å². The quantitative estimate of drug-likeness (QED) is 0.885. The zero-order valence-electron chi connectivity index (χ0n) is 15.6. The van der Waals surface area contributed by atoms with Crippen molar-refractivity contribution in [2.75, 3.05) is 39.1 Å². The van der Waals surface area contributed by atoms with E-state index < -0.39 is 0 Å². The molecule has 3 rings (SSSR count). The largest absolute Gasteiger partial charge is 0.378 e. The highest BCUT2D eigenvalue weighted by Gasteiger charge is 2.30. The van der Waals surface area contributed by atoms with Gasteiger partial charge in [0.05, 0.1) is 6.54 Å². The maximum Gasteiger partial charge on any atom is 0.277 e. The molecule has 5 heteroatoms. The van der Waals surface area contributed by atoms with Crippen molar-refractivity contribution in [2.45, 2.75) is 25.9 Å². The number of thiophene rings is 1. The molecule has 0 saturated heterocycles. The van der Waals surface area contributed by atoms with Gasteiger partial charge in [-0.05, 0) is 36.1 Å². The van der Waals surface area contributed by atoms with Gasteiger partial charge in [0, 0.05) is 50.2 Å². The van der Waals surface area contributed by atoms with Crippen LogP contribution in [0.4, 0.5) is 5.69 Å². The summed E-state index contributed by atoms with van der Waals surface area (Å²) in [5.74, 6) is 0.220. The molecule has 25 heavy (non-hydrogen) atoms. The monoisotopic (exact) mass is 358 g/mol. The molecule has 134 valence electrons. The molecule has 0 fully saturated rings. The van der Waals surface area contributed by atoms with E-state index in [9.17, 15) is 4.79 Å². The second kappa shape index (κ2) is 7.58. The standard InChI is InChI=1S/C20H27N3OS/c1-15-18-10-12-25-19(18)9-11-23(15)14-20(24)22(4)13-16-5-7-17(8-6-16)21(2)3/h5-8,10,12,15H,9,11,13-14H2,1-4H3/p+1/t15-/m1/s1. The minimum atomic E-state index is 0.220. The van der Waals surface area contributed by atoms with Gasteiger partial charge in [-0.2, -0.15) is 0 Å². The Morgan fingerprint density at radius 1 is 1.20 bits per heavy atom. The molecule has 0 spiro atoms. The van der Waals surface area contributed by atoms with Crippen molar-refractivity contribution in [2.24, 2.45) is 0 Å². The third kappa shape index (κ3) is 4.05. The van der Waals surface area contributed by atoms with Crippen LogP contribution < -0.4 is 9.80 Å². The van der Waals surface area contributed by atoms with E-state index in [0.29, 0.717) is 19.1 Å². The molecule has 2 atom stereocenters. The van der Waals surface area contributed by atoms with Crippen molar-refractivity contribution in [3.05, 3.63) is 51.7 Å². The summed E-state index contributed by atoms with van der Waals surface area (Å²) in [7, 11) is 5.98. The van der Waals surface area contributed by atoms with Crippen LogP contribution in [0.15, 0.2) is 35.7 Å². The van der Waals surface area contributed by atoms with Gasteiger partial charge in [-0.25, -0.2) is 0 Å². The van der Waals surface area contributed by atoms with Crippen LogP contribution in [-0.2, 0) is 17.8 Å². The highest BCUT2D eigenvalue weighted by molar-refractivity contribution is 7.10. The Bertz CT molecular complexity index is 723. The minimum absolute atomic E-state index is 0.220. The fraction of sp³-hybridized carbons (Fsp3) is 0.450. The van der Waals surface area contributed by atoms with Crippen LogP contribution in [-0.4, -0.2) is 45.0 Å². The number of likely N-dealkylation sites (N-methyl/N-ethyl adjacent to an activating group) is 1. The summed E-state index contributed by atoms with van der Waals surface area (Å²) in [6.45, 7) is 4.53. The number of amides is 1. The Labute approximate surface area is 154 Å². The molecule has 1 aliphatic rings. The number of carbonyl (C=O) groups is 1. The molecule has 2 heterocycles. The first-order valence-electron chi connectivity index (χ1n) is 8.86. The van der Waals surface area contributed by atoms with E-state index in [1.54, 1.807) is 0 Å². The Morgan fingerprint density at radius 3 is 2.60 bits per heavy atom. The molecular formula is C20H28N3OS+. The van der Waals surface area contributed by atoms with E-state index in [4.69, 9.17) is 0 Å². The average molecular weight is 359 g/mol. The number of fused-ring (bicyclic) bond motifs is 1. The van der Waals surface area contributed by atoms with E-state index in [1.807, 2.05) is 37.4 Å². The average Bonchev–Trinajstić information content (AvgIpc) is 3.07. The fourth-order valence-electron chi connectivity index (χ4n) is 3.48. The zero-order chi connectivity index (χ0) is 18.0. The molecule has 0 radical (unpaired) electrons. The van der Waals surface area contributed by atoms with Gasteiger partial charge in [0.25, 0.3) is 5.91 Å². The second-order valence-electron chi connectivity index (χ2n) is 7.17. The number of anilines is 1. The van der Waals surface area contributed by atoms with Crippen molar-refractivity contribution in [1.82, 2.24) is 4.90 Å². The highest BCUT2D eigenvalue weighted by atomic mass is 32.1. The van der Waals surface area contributed by atoms with E-state index in [2.05, 4.69) is 47.5 Å². The molecular weight excluding hydrogens is 330 g/mol. The van der Waals surface area contributed by atoms with E-state index in [-0.39, 0.29) is 5.91 Å². The van der Waals surface area contributed by atoms with Crippen molar-refractivity contribution in [3.8, 4) is 0 Å². The number of nitrogens with zero attached hydrogens (tertiary/aromatic N) is 2. The van der Waals surface area contributed by atoms with Gasteiger partial charge < -0.3 is 14.7 Å². The summed E-state index contributed by atoms with van der Waals surface area (Å²) in [4.78, 5) is 19.5. The number of rotatable bonds is 5. The number of hydrogen-bond donors (Lipinski definition) is 1. The van der Waals surface area contributed by atoms with E-state index in [1.165, 1.54) is 26.6 Å². The topological polar surface area (TPSA) is 28.0 Å². The van der Waals surface area contributed by atoms with Crippen LogP contribution in [0.25, 0.3) is 0 Å². The molecule has 0 bridgehead atoms. The lowest BCUT2D eigenvalue weighted by Crippen LogP contribution is -3.14. The van der Waals surface area contributed by atoms with Gasteiger partial charge in [-0.3, -0.25) is 4.79 Å². The number of carbonyl (C=O) groups excluding carboxylic acids is 1. The lowest BCUT2D eigenvalue weighted by molar-refractivity contribution is -0.924. The lowest BCUT2D eigenvalue weighted by Gasteiger charge is -2.31. The highest BCUT2D eigenvalue weighted by Crippen LogP contribution is 2.24. The molecule has 1 unspecified atom stereocenters. The molecule has 1 aromatic heterocycles. The van der Waals surface area contributed by atoms with Crippen LogP contribution in [0.2, 0.25) is 0 Å².